The van der Waals surface area contributed by atoms with Gasteiger partial charge in [0.25, 0.3) is 0 Å². The van der Waals surface area contributed by atoms with Crippen LogP contribution in [0.3, 0.4) is 0 Å². The van der Waals surface area contributed by atoms with Gasteiger partial charge in [-0.1, -0.05) is 0 Å². The van der Waals surface area contributed by atoms with Gasteiger partial charge in [-0.15, -0.1) is 0 Å². The summed E-state index contributed by atoms with van der Waals surface area (Å²) in [6.45, 7) is 2.42. The molecule has 17 heavy (non-hydrogen) atoms. The molecule has 0 bridgehead atoms. The number of nitrogens with one attached hydrogen (secondary N) is 1. The van der Waals surface area contributed by atoms with Crippen molar-refractivity contribution < 1.29 is 0 Å². The summed E-state index contributed by atoms with van der Waals surface area (Å²) in [4.78, 5) is 2.41. The first kappa shape index (κ1) is 11.1. The zero-order valence-corrected chi connectivity index (χ0v) is 10.8. The predicted octanol–water partition coefficient (Wildman–Crippen LogP) is 1.80. The van der Waals surface area contributed by atoms with Gasteiger partial charge in [0.1, 0.15) is 5.82 Å². The Morgan fingerprint density at radius 3 is 2.53 bits per heavy atom. The molecule has 1 aromatic heterocycles. The van der Waals surface area contributed by atoms with Gasteiger partial charge in [0.15, 0.2) is 0 Å². The second-order valence-electron chi connectivity index (χ2n) is 5.57. The van der Waals surface area contributed by atoms with Crippen LogP contribution >= 0.6 is 0 Å². The molecule has 1 saturated heterocycles. The molecule has 0 aromatic carbocycles. The monoisotopic (exact) mass is 234 g/mol. The minimum atomic E-state index is 0.690. The lowest BCUT2D eigenvalue weighted by atomic mass is 9.94. The van der Waals surface area contributed by atoms with E-state index in [2.05, 4.69) is 40.2 Å². The maximum absolute atomic E-state index is 4.58. The number of nitrogens with zero attached hydrogens (tertiary/aromatic N) is 3. The van der Waals surface area contributed by atoms with Crippen LogP contribution < -0.4 is 5.32 Å². The van der Waals surface area contributed by atoms with E-state index in [0.29, 0.717) is 12.0 Å². The molecule has 3 rings (SSSR count). The Balaban J connectivity index is 1.70. The lowest BCUT2D eigenvalue weighted by Gasteiger charge is -2.28. The van der Waals surface area contributed by atoms with Crippen LogP contribution in [-0.2, 0) is 7.05 Å². The molecule has 0 radical (unpaired) electrons. The molecule has 1 saturated carbocycles. The Kier molecular flexibility index (Phi) is 2.82. The lowest BCUT2D eigenvalue weighted by molar-refractivity contribution is 0.251. The van der Waals surface area contributed by atoms with Gasteiger partial charge in [-0.05, 0) is 45.8 Å². The molecule has 0 atom stereocenters. The number of rotatable bonds is 3. The maximum Gasteiger partial charge on any atom is 0.148 e. The third-order valence-electron chi connectivity index (χ3n) is 3.98. The molecule has 2 heterocycles. The fourth-order valence-electron chi connectivity index (χ4n) is 2.68. The molecule has 0 unspecified atom stereocenters. The van der Waals surface area contributed by atoms with Crippen molar-refractivity contribution in [3.05, 3.63) is 11.8 Å². The summed E-state index contributed by atoms with van der Waals surface area (Å²) >= 11 is 0. The van der Waals surface area contributed by atoms with Gasteiger partial charge in [0, 0.05) is 30.8 Å². The summed E-state index contributed by atoms with van der Waals surface area (Å²) in [5.41, 5.74) is 1.40. The molecular formula is C13H22N4. The highest BCUT2D eigenvalue weighted by Gasteiger charge is 2.25. The number of hydrogen-bond donors (Lipinski definition) is 1. The highest BCUT2D eigenvalue weighted by molar-refractivity contribution is 5.39. The number of anilines is 1. The third kappa shape index (κ3) is 2.46. The van der Waals surface area contributed by atoms with Gasteiger partial charge in [0.2, 0.25) is 0 Å². The van der Waals surface area contributed by atoms with Crippen molar-refractivity contribution in [1.29, 1.82) is 0 Å². The minimum Gasteiger partial charge on any atom is -0.366 e. The van der Waals surface area contributed by atoms with E-state index < -0.39 is 0 Å². The normalized spacial score (nSPS) is 22.9. The van der Waals surface area contributed by atoms with Gasteiger partial charge < -0.3 is 10.2 Å². The Morgan fingerprint density at radius 2 is 1.88 bits per heavy atom. The molecule has 94 valence electrons. The first-order valence-corrected chi connectivity index (χ1v) is 6.71. The van der Waals surface area contributed by atoms with E-state index >= 15 is 0 Å². The fourth-order valence-corrected chi connectivity index (χ4v) is 2.68. The second kappa shape index (κ2) is 4.33. The van der Waals surface area contributed by atoms with Crippen LogP contribution in [0.2, 0.25) is 0 Å². The smallest absolute Gasteiger partial charge is 0.148 e. The Bertz CT molecular complexity index is 386. The van der Waals surface area contributed by atoms with Crippen molar-refractivity contribution >= 4 is 5.82 Å². The van der Waals surface area contributed by atoms with Crippen LogP contribution in [0.15, 0.2) is 6.07 Å². The van der Waals surface area contributed by atoms with Crippen molar-refractivity contribution in [1.82, 2.24) is 14.7 Å². The Morgan fingerprint density at radius 1 is 1.18 bits per heavy atom. The van der Waals surface area contributed by atoms with Crippen molar-refractivity contribution in [2.45, 2.75) is 37.6 Å². The largest absolute Gasteiger partial charge is 0.366 e. The lowest BCUT2D eigenvalue weighted by Crippen LogP contribution is -2.29. The molecule has 1 aliphatic carbocycles. The van der Waals surface area contributed by atoms with Gasteiger partial charge in [-0.2, -0.15) is 5.10 Å². The zero-order valence-electron chi connectivity index (χ0n) is 10.8. The van der Waals surface area contributed by atoms with Crippen molar-refractivity contribution in [3.63, 3.8) is 0 Å². The molecule has 2 fully saturated rings. The summed E-state index contributed by atoms with van der Waals surface area (Å²) in [7, 11) is 4.28. The Hall–Kier alpha value is -1.03. The first-order valence-electron chi connectivity index (χ1n) is 6.71. The predicted molar refractivity (Wildman–Crippen MR) is 69.3 cm³/mol. The van der Waals surface area contributed by atoms with E-state index in [-0.39, 0.29) is 0 Å². The number of likely N-dealkylation sites (tertiary alicyclic amines) is 1. The highest BCUT2D eigenvalue weighted by atomic mass is 15.3. The van der Waals surface area contributed by atoms with Crippen molar-refractivity contribution in [2.75, 3.05) is 25.5 Å². The molecule has 1 N–H and O–H groups in total. The summed E-state index contributed by atoms with van der Waals surface area (Å²) in [5, 5.41) is 8.06. The van der Waals surface area contributed by atoms with Crippen LogP contribution in [0.25, 0.3) is 0 Å². The van der Waals surface area contributed by atoms with Crippen LogP contribution in [0.1, 0.15) is 37.3 Å². The minimum absolute atomic E-state index is 0.690. The number of aromatic nitrogens is 2. The fraction of sp³-hybridized carbons (Fsp3) is 0.769. The standard InChI is InChI=1S/C13H22N4/c1-16-7-5-10(6-8-16)12-9-13(15-17(12)2)14-11-3-4-11/h9-11H,3-8H2,1-2H3,(H,14,15). The van der Waals surface area contributed by atoms with Gasteiger partial charge in [-0.25, -0.2) is 0 Å². The molecule has 4 nitrogen and oxygen atoms in total. The van der Waals surface area contributed by atoms with Crippen LogP contribution in [-0.4, -0.2) is 40.9 Å². The first-order chi connectivity index (χ1) is 8.22. The van der Waals surface area contributed by atoms with Crippen molar-refractivity contribution in [3.8, 4) is 0 Å². The molecule has 0 spiro atoms. The van der Waals surface area contributed by atoms with Gasteiger partial charge in [-0.3, -0.25) is 4.68 Å². The van der Waals surface area contributed by atoms with Crippen molar-refractivity contribution in [2.24, 2.45) is 7.05 Å². The SMILES string of the molecule is CN1CCC(c2cc(NC3CC3)nn2C)CC1. The molecule has 0 amide bonds. The molecule has 4 heteroatoms. The topological polar surface area (TPSA) is 33.1 Å². The summed E-state index contributed by atoms with van der Waals surface area (Å²) in [6.07, 6.45) is 5.14. The van der Waals surface area contributed by atoms with E-state index in [1.807, 2.05) is 0 Å². The molecular weight excluding hydrogens is 212 g/mol. The number of hydrogen-bond acceptors (Lipinski definition) is 3. The molecule has 1 aromatic rings. The maximum atomic E-state index is 4.58. The van der Waals surface area contributed by atoms with Crippen LogP contribution in [0, 0.1) is 0 Å². The van der Waals surface area contributed by atoms with E-state index in [1.54, 1.807) is 0 Å². The third-order valence-corrected chi connectivity index (χ3v) is 3.98. The highest BCUT2D eigenvalue weighted by Crippen LogP contribution is 2.30. The second-order valence-corrected chi connectivity index (χ2v) is 5.57. The zero-order chi connectivity index (χ0) is 11.8. The average molecular weight is 234 g/mol. The number of aryl methyl sites for hydroxylation is 1. The van der Waals surface area contributed by atoms with E-state index in [9.17, 15) is 0 Å². The summed E-state index contributed by atoms with van der Waals surface area (Å²) in [6, 6.07) is 2.95. The van der Waals surface area contributed by atoms with E-state index in [4.69, 9.17) is 0 Å². The van der Waals surface area contributed by atoms with Crippen LogP contribution in [0.5, 0.6) is 0 Å². The molecule has 2 aliphatic rings. The summed E-state index contributed by atoms with van der Waals surface area (Å²) in [5.74, 6) is 1.77. The van der Waals surface area contributed by atoms with Gasteiger partial charge in [0.05, 0.1) is 0 Å². The van der Waals surface area contributed by atoms with E-state index in [0.717, 1.165) is 5.82 Å². The summed E-state index contributed by atoms with van der Waals surface area (Å²) < 4.78 is 2.07. The van der Waals surface area contributed by atoms with Crippen LogP contribution in [0.4, 0.5) is 5.82 Å². The quantitative estimate of drug-likeness (QED) is 0.866. The van der Waals surface area contributed by atoms with Gasteiger partial charge >= 0.3 is 0 Å². The van der Waals surface area contributed by atoms with E-state index in [1.165, 1.54) is 44.5 Å². The average Bonchev–Trinajstić information content (AvgIpc) is 3.03. The molecule has 1 aliphatic heterocycles. The number of piperidine rings is 1. The Labute approximate surface area is 103 Å².